The zero-order chi connectivity index (χ0) is 18.5. The van der Waals surface area contributed by atoms with Crippen molar-refractivity contribution in [3.8, 4) is 5.75 Å². The number of piperidine rings is 1. The van der Waals surface area contributed by atoms with Crippen LogP contribution in [0.15, 0.2) is 42.6 Å². The van der Waals surface area contributed by atoms with E-state index in [1.807, 2.05) is 6.07 Å². The maximum absolute atomic E-state index is 12.5. The average Bonchev–Trinajstić information content (AvgIpc) is 2.64. The summed E-state index contributed by atoms with van der Waals surface area (Å²) in [5, 5.41) is 3.30. The van der Waals surface area contributed by atoms with E-state index in [1.54, 1.807) is 29.2 Å². The predicted octanol–water partition coefficient (Wildman–Crippen LogP) is 2.91. The Bertz CT molecular complexity index is 815. The Hall–Kier alpha value is -2.80. The lowest BCUT2D eigenvalue weighted by Crippen LogP contribution is -2.46. The molecule has 1 aliphatic rings. The number of ether oxygens (including phenoxy) is 1. The van der Waals surface area contributed by atoms with Crippen LogP contribution in [-0.2, 0) is 0 Å². The van der Waals surface area contributed by atoms with Crippen molar-refractivity contribution >= 4 is 29.2 Å². The summed E-state index contributed by atoms with van der Waals surface area (Å²) in [6.45, 7) is 1.07. The van der Waals surface area contributed by atoms with Crippen molar-refractivity contribution in [1.82, 2.24) is 9.88 Å². The summed E-state index contributed by atoms with van der Waals surface area (Å²) >= 11 is 6.08. The molecule has 3 amide bonds. The number of pyridine rings is 1. The van der Waals surface area contributed by atoms with Crippen molar-refractivity contribution in [2.45, 2.75) is 18.9 Å². The Labute approximate surface area is 156 Å². The van der Waals surface area contributed by atoms with Crippen molar-refractivity contribution in [2.24, 2.45) is 5.73 Å². The number of nitrogens with zero attached hydrogens (tertiary/aromatic N) is 2. The van der Waals surface area contributed by atoms with Gasteiger partial charge in [-0.05, 0) is 31.0 Å². The summed E-state index contributed by atoms with van der Waals surface area (Å²) in [5.74, 6) is -0.105. The van der Waals surface area contributed by atoms with Gasteiger partial charge in [0.05, 0.1) is 17.3 Å². The highest BCUT2D eigenvalue weighted by Gasteiger charge is 2.25. The highest BCUT2D eigenvalue weighted by molar-refractivity contribution is 6.33. The van der Waals surface area contributed by atoms with Crippen LogP contribution < -0.4 is 15.8 Å². The third-order valence-electron chi connectivity index (χ3n) is 4.07. The summed E-state index contributed by atoms with van der Waals surface area (Å²) in [6.07, 6.45) is 2.92. The largest absolute Gasteiger partial charge is 0.488 e. The molecule has 1 aliphatic heterocycles. The minimum absolute atomic E-state index is 0.145. The Morgan fingerprint density at radius 1 is 1.31 bits per heavy atom. The molecule has 0 saturated carbocycles. The Balaban J connectivity index is 1.62. The predicted molar refractivity (Wildman–Crippen MR) is 98.4 cm³/mol. The number of benzene rings is 1. The first-order chi connectivity index (χ1) is 12.5. The van der Waals surface area contributed by atoms with Crippen molar-refractivity contribution in [3.05, 3.63) is 53.3 Å². The van der Waals surface area contributed by atoms with E-state index in [-0.39, 0.29) is 17.8 Å². The quantitative estimate of drug-likeness (QED) is 0.859. The highest BCUT2D eigenvalue weighted by atomic mass is 35.5. The van der Waals surface area contributed by atoms with Gasteiger partial charge in [0.25, 0.3) is 5.91 Å². The van der Waals surface area contributed by atoms with E-state index in [2.05, 4.69) is 10.3 Å². The standard InChI is InChI=1S/C18H19ClN4O3/c19-14-5-1-2-6-15(14)22-18(25)23-9-3-4-13(11-23)26-12-7-8-21-16(10-12)17(20)24/h1-2,5-8,10,13H,3-4,9,11H2,(H2,20,24)(H,22,25). The lowest BCUT2D eigenvalue weighted by molar-refractivity contribution is 0.0989. The first-order valence-electron chi connectivity index (χ1n) is 8.26. The van der Waals surface area contributed by atoms with Crippen LogP contribution in [0.5, 0.6) is 5.75 Å². The van der Waals surface area contributed by atoms with Crippen LogP contribution in [0.4, 0.5) is 10.5 Å². The first kappa shape index (κ1) is 18.0. The molecule has 136 valence electrons. The van der Waals surface area contributed by atoms with E-state index in [0.717, 1.165) is 12.8 Å². The van der Waals surface area contributed by atoms with Gasteiger partial charge in [-0.1, -0.05) is 23.7 Å². The smallest absolute Gasteiger partial charge is 0.322 e. The van der Waals surface area contributed by atoms with Crippen molar-refractivity contribution in [3.63, 3.8) is 0 Å². The summed E-state index contributed by atoms with van der Waals surface area (Å²) in [5.41, 5.74) is 5.95. The van der Waals surface area contributed by atoms with E-state index in [9.17, 15) is 9.59 Å². The number of likely N-dealkylation sites (tertiary alicyclic amines) is 1. The van der Waals surface area contributed by atoms with E-state index in [0.29, 0.717) is 29.5 Å². The Kier molecular flexibility index (Phi) is 5.58. The number of carbonyl (C=O) groups excluding carboxylic acids is 2. The number of carbonyl (C=O) groups is 2. The molecule has 1 fully saturated rings. The highest BCUT2D eigenvalue weighted by Crippen LogP contribution is 2.23. The first-order valence-corrected chi connectivity index (χ1v) is 8.63. The second kappa shape index (κ2) is 8.05. The average molecular weight is 375 g/mol. The number of aromatic nitrogens is 1. The number of nitrogens with two attached hydrogens (primary N) is 1. The summed E-state index contributed by atoms with van der Waals surface area (Å²) in [7, 11) is 0. The Morgan fingerprint density at radius 3 is 2.88 bits per heavy atom. The number of hydrogen-bond acceptors (Lipinski definition) is 4. The number of rotatable bonds is 4. The lowest BCUT2D eigenvalue weighted by atomic mass is 10.1. The molecule has 1 aromatic heterocycles. The molecule has 3 rings (SSSR count). The van der Waals surface area contributed by atoms with Gasteiger partial charge in [-0.15, -0.1) is 0 Å². The van der Waals surface area contributed by atoms with Crippen molar-refractivity contribution in [2.75, 3.05) is 18.4 Å². The number of urea groups is 1. The normalized spacial score (nSPS) is 16.8. The molecule has 0 bridgehead atoms. The van der Waals surface area contributed by atoms with Crippen LogP contribution in [-0.4, -0.2) is 41.0 Å². The number of nitrogens with one attached hydrogen (secondary N) is 1. The molecule has 0 aliphatic carbocycles. The second-order valence-corrected chi connectivity index (χ2v) is 6.39. The fourth-order valence-corrected chi connectivity index (χ4v) is 2.97. The van der Waals surface area contributed by atoms with Crippen LogP contribution in [0, 0.1) is 0 Å². The third-order valence-corrected chi connectivity index (χ3v) is 4.40. The van der Waals surface area contributed by atoms with Gasteiger partial charge < -0.3 is 20.7 Å². The SMILES string of the molecule is NC(=O)c1cc(OC2CCCN(C(=O)Nc3ccccc3Cl)C2)ccn1. The fourth-order valence-electron chi connectivity index (χ4n) is 2.79. The van der Waals surface area contributed by atoms with E-state index >= 15 is 0 Å². The molecule has 1 saturated heterocycles. The zero-order valence-electron chi connectivity index (χ0n) is 14.0. The third kappa shape index (κ3) is 4.43. The molecule has 1 unspecified atom stereocenters. The number of primary amides is 1. The van der Waals surface area contributed by atoms with Gasteiger partial charge in [0.1, 0.15) is 17.5 Å². The maximum atomic E-state index is 12.5. The van der Waals surface area contributed by atoms with Gasteiger partial charge in [-0.3, -0.25) is 9.78 Å². The van der Waals surface area contributed by atoms with Gasteiger partial charge in [0.2, 0.25) is 0 Å². The van der Waals surface area contributed by atoms with E-state index < -0.39 is 5.91 Å². The molecule has 8 heteroatoms. The van der Waals surface area contributed by atoms with Gasteiger partial charge in [0, 0.05) is 18.8 Å². The summed E-state index contributed by atoms with van der Waals surface area (Å²) in [4.78, 5) is 29.3. The number of amides is 3. The Morgan fingerprint density at radius 2 is 2.12 bits per heavy atom. The molecular weight excluding hydrogens is 356 g/mol. The minimum atomic E-state index is -0.611. The number of anilines is 1. The number of para-hydroxylation sites is 1. The van der Waals surface area contributed by atoms with Crippen LogP contribution in [0.1, 0.15) is 23.3 Å². The van der Waals surface area contributed by atoms with Crippen LogP contribution in [0.3, 0.4) is 0 Å². The van der Waals surface area contributed by atoms with Crippen molar-refractivity contribution < 1.29 is 14.3 Å². The maximum Gasteiger partial charge on any atom is 0.322 e. The molecule has 0 spiro atoms. The second-order valence-electron chi connectivity index (χ2n) is 5.98. The van der Waals surface area contributed by atoms with Crippen molar-refractivity contribution in [1.29, 1.82) is 0 Å². The molecule has 2 aromatic rings. The fraction of sp³-hybridized carbons (Fsp3) is 0.278. The van der Waals surface area contributed by atoms with Gasteiger partial charge >= 0.3 is 6.03 Å². The van der Waals surface area contributed by atoms with Crippen LogP contribution in [0.25, 0.3) is 0 Å². The molecule has 1 aromatic carbocycles. The van der Waals surface area contributed by atoms with Gasteiger partial charge in [-0.25, -0.2) is 4.79 Å². The monoisotopic (exact) mass is 374 g/mol. The van der Waals surface area contributed by atoms with E-state index in [1.165, 1.54) is 12.3 Å². The topological polar surface area (TPSA) is 97.6 Å². The number of hydrogen-bond donors (Lipinski definition) is 2. The van der Waals surface area contributed by atoms with Crippen LogP contribution >= 0.6 is 11.6 Å². The van der Waals surface area contributed by atoms with Crippen LogP contribution in [0.2, 0.25) is 5.02 Å². The summed E-state index contributed by atoms with van der Waals surface area (Å²) in [6, 6.07) is 10.0. The van der Waals surface area contributed by atoms with E-state index in [4.69, 9.17) is 22.1 Å². The molecule has 0 radical (unpaired) electrons. The van der Waals surface area contributed by atoms with Gasteiger partial charge in [-0.2, -0.15) is 0 Å². The molecule has 26 heavy (non-hydrogen) atoms. The zero-order valence-corrected chi connectivity index (χ0v) is 14.8. The number of halogens is 1. The van der Waals surface area contributed by atoms with Gasteiger partial charge in [0.15, 0.2) is 0 Å². The summed E-state index contributed by atoms with van der Waals surface area (Å²) < 4.78 is 5.90. The minimum Gasteiger partial charge on any atom is -0.488 e. The molecule has 2 heterocycles. The lowest BCUT2D eigenvalue weighted by Gasteiger charge is -2.33. The molecule has 3 N–H and O–H groups in total. The molecular formula is C18H19ClN4O3. The molecule has 1 atom stereocenters. The molecule has 7 nitrogen and oxygen atoms in total.